The average molecular weight is 361 g/mol. The van der Waals surface area contributed by atoms with Crippen LogP contribution >= 0.6 is 15.9 Å². The maximum Gasteiger partial charge on any atom is 0.142 e. The van der Waals surface area contributed by atoms with Gasteiger partial charge in [0.25, 0.3) is 0 Å². The number of rotatable bonds is 5. The molecule has 1 saturated heterocycles. The zero-order chi connectivity index (χ0) is 15.5. The summed E-state index contributed by atoms with van der Waals surface area (Å²) in [5.41, 5.74) is 0.0217. The second-order valence-electron chi connectivity index (χ2n) is 4.99. The summed E-state index contributed by atoms with van der Waals surface area (Å²) in [5.74, 6) is 1.21. The van der Waals surface area contributed by atoms with Gasteiger partial charge in [-0.1, -0.05) is 0 Å². The predicted octanol–water partition coefficient (Wildman–Crippen LogP) is 2.70. The number of aliphatic hydroxyl groups excluding tert-OH is 1. The molecule has 1 unspecified atom stereocenters. The van der Waals surface area contributed by atoms with Crippen molar-refractivity contribution in [3.05, 3.63) is 22.2 Å². The van der Waals surface area contributed by atoms with Gasteiger partial charge in [0.15, 0.2) is 0 Å². The molecule has 0 saturated carbocycles. The molecule has 5 nitrogen and oxygen atoms in total. The SMILES string of the molecule is COc1ccc(C(O)C2(OC)CCOCC2)c(OC)c1Br. The number of hydrogen-bond donors (Lipinski definition) is 1. The second-order valence-corrected chi connectivity index (χ2v) is 5.78. The van der Waals surface area contributed by atoms with Gasteiger partial charge in [0, 0.05) is 38.7 Å². The van der Waals surface area contributed by atoms with Crippen LogP contribution in [0.25, 0.3) is 0 Å². The Balaban J connectivity index is 2.42. The van der Waals surface area contributed by atoms with Crippen molar-refractivity contribution in [2.24, 2.45) is 0 Å². The summed E-state index contributed by atoms with van der Waals surface area (Å²) in [7, 11) is 4.78. The van der Waals surface area contributed by atoms with Crippen molar-refractivity contribution in [1.82, 2.24) is 0 Å². The molecule has 1 aromatic rings. The minimum absolute atomic E-state index is 0.560. The lowest BCUT2D eigenvalue weighted by molar-refractivity contribution is -0.154. The molecule has 0 spiro atoms. The van der Waals surface area contributed by atoms with E-state index < -0.39 is 11.7 Å². The zero-order valence-electron chi connectivity index (χ0n) is 12.5. The van der Waals surface area contributed by atoms with Crippen molar-refractivity contribution in [3.63, 3.8) is 0 Å². The number of methoxy groups -OCH3 is 3. The highest BCUT2D eigenvalue weighted by Gasteiger charge is 2.42. The van der Waals surface area contributed by atoms with Gasteiger partial charge in [0.1, 0.15) is 27.7 Å². The molecule has 1 fully saturated rings. The van der Waals surface area contributed by atoms with Crippen molar-refractivity contribution in [2.45, 2.75) is 24.5 Å². The maximum absolute atomic E-state index is 10.9. The van der Waals surface area contributed by atoms with Crippen molar-refractivity contribution < 1.29 is 24.1 Å². The molecule has 0 bridgehead atoms. The van der Waals surface area contributed by atoms with Gasteiger partial charge in [-0.15, -0.1) is 0 Å². The fourth-order valence-corrected chi connectivity index (χ4v) is 3.41. The fourth-order valence-electron chi connectivity index (χ4n) is 2.72. The Morgan fingerprint density at radius 2 is 1.86 bits per heavy atom. The van der Waals surface area contributed by atoms with Crippen molar-refractivity contribution in [1.29, 1.82) is 0 Å². The van der Waals surface area contributed by atoms with Crippen LogP contribution in [0.2, 0.25) is 0 Å². The maximum atomic E-state index is 10.9. The van der Waals surface area contributed by atoms with E-state index in [2.05, 4.69) is 15.9 Å². The standard InChI is InChI=1S/C15H21BrO5/c1-18-11-5-4-10(13(19-2)12(11)16)14(17)15(20-3)6-8-21-9-7-15/h4-5,14,17H,6-9H2,1-3H3. The van der Waals surface area contributed by atoms with E-state index in [0.29, 0.717) is 47.6 Å². The predicted molar refractivity (Wildman–Crippen MR) is 82.0 cm³/mol. The first-order chi connectivity index (χ1) is 10.1. The van der Waals surface area contributed by atoms with Gasteiger partial charge >= 0.3 is 0 Å². The first-order valence-corrected chi connectivity index (χ1v) is 7.60. The van der Waals surface area contributed by atoms with E-state index in [4.69, 9.17) is 18.9 Å². The monoisotopic (exact) mass is 360 g/mol. The summed E-state index contributed by atoms with van der Waals surface area (Å²) in [4.78, 5) is 0. The number of ether oxygens (including phenoxy) is 4. The van der Waals surface area contributed by atoms with Crippen LogP contribution in [0, 0.1) is 0 Å². The Morgan fingerprint density at radius 1 is 1.19 bits per heavy atom. The lowest BCUT2D eigenvalue weighted by Crippen LogP contribution is -2.43. The molecule has 118 valence electrons. The topological polar surface area (TPSA) is 57.2 Å². The Hall–Kier alpha value is -0.820. The van der Waals surface area contributed by atoms with E-state index in [-0.39, 0.29) is 0 Å². The Morgan fingerprint density at radius 3 is 2.38 bits per heavy atom. The van der Waals surface area contributed by atoms with E-state index in [1.54, 1.807) is 27.4 Å². The summed E-state index contributed by atoms with van der Waals surface area (Å²) in [6, 6.07) is 3.61. The summed E-state index contributed by atoms with van der Waals surface area (Å²) in [6.07, 6.45) is 0.470. The van der Waals surface area contributed by atoms with E-state index in [1.165, 1.54) is 0 Å². The third kappa shape index (κ3) is 3.04. The van der Waals surface area contributed by atoms with Crippen molar-refractivity contribution in [2.75, 3.05) is 34.5 Å². The molecule has 21 heavy (non-hydrogen) atoms. The quantitative estimate of drug-likeness (QED) is 0.874. The summed E-state index contributed by atoms with van der Waals surface area (Å²) < 4.78 is 22.4. The Labute approximate surface area is 133 Å². The molecule has 1 atom stereocenters. The van der Waals surface area contributed by atoms with E-state index in [0.717, 1.165) is 0 Å². The summed E-state index contributed by atoms with van der Waals surface area (Å²) in [6.45, 7) is 1.15. The van der Waals surface area contributed by atoms with Gasteiger partial charge in [-0.3, -0.25) is 0 Å². The van der Waals surface area contributed by atoms with E-state index >= 15 is 0 Å². The third-order valence-corrected chi connectivity index (χ3v) is 4.81. The average Bonchev–Trinajstić information content (AvgIpc) is 2.54. The van der Waals surface area contributed by atoms with Gasteiger partial charge in [-0.25, -0.2) is 0 Å². The van der Waals surface area contributed by atoms with Gasteiger partial charge in [0.05, 0.1) is 14.2 Å². The van der Waals surface area contributed by atoms with Crippen molar-refractivity contribution >= 4 is 15.9 Å². The largest absolute Gasteiger partial charge is 0.495 e. The number of hydrogen-bond acceptors (Lipinski definition) is 5. The molecule has 1 aliphatic rings. The fraction of sp³-hybridized carbons (Fsp3) is 0.600. The molecular weight excluding hydrogens is 340 g/mol. The lowest BCUT2D eigenvalue weighted by Gasteiger charge is -2.40. The Kier molecular flexibility index (Phi) is 5.48. The van der Waals surface area contributed by atoms with Crippen LogP contribution in [0.3, 0.4) is 0 Å². The molecule has 1 heterocycles. The summed E-state index contributed by atoms with van der Waals surface area (Å²) in [5, 5.41) is 10.9. The van der Waals surface area contributed by atoms with Crippen LogP contribution in [-0.4, -0.2) is 45.3 Å². The molecule has 2 rings (SSSR count). The van der Waals surface area contributed by atoms with Crippen LogP contribution in [0.5, 0.6) is 11.5 Å². The number of aliphatic hydroxyl groups is 1. The number of halogens is 1. The van der Waals surface area contributed by atoms with Gasteiger partial charge in [-0.05, 0) is 28.1 Å². The van der Waals surface area contributed by atoms with Gasteiger partial charge in [0.2, 0.25) is 0 Å². The van der Waals surface area contributed by atoms with Crippen LogP contribution in [0.1, 0.15) is 24.5 Å². The molecule has 0 radical (unpaired) electrons. The minimum Gasteiger partial charge on any atom is -0.495 e. The van der Waals surface area contributed by atoms with E-state index in [1.807, 2.05) is 6.07 Å². The molecule has 6 heteroatoms. The first-order valence-electron chi connectivity index (χ1n) is 6.81. The second kappa shape index (κ2) is 6.96. The molecule has 1 aliphatic heterocycles. The molecule has 0 aliphatic carbocycles. The van der Waals surface area contributed by atoms with Crippen LogP contribution in [0.4, 0.5) is 0 Å². The smallest absolute Gasteiger partial charge is 0.142 e. The van der Waals surface area contributed by atoms with Crippen LogP contribution in [-0.2, 0) is 9.47 Å². The Bertz CT molecular complexity index is 485. The highest BCUT2D eigenvalue weighted by atomic mass is 79.9. The van der Waals surface area contributed by atoms with E-state index in [9.17, 15) is 5.11 Å². The molecular formula is C15H21BrO5. The number of benzene rings is 1. The highest BCUT2D eigenvalue weighted by molar-refractivity contribution is 9.10. The molecule has 1 aromatic carbocycles. The van der Waals surface area contributed by atoms with Gasteiger partial charge < -0.3 is 24.1 Å². The molecule has 0 aromatic heterocycles. The highest BCUT2D eigenvalue weighted by Crippen LogP contribution is 2.45. The normalized spacial score (nSPS) is 19.1. The first kappa shape index (κ1) is 16.5. The molecule has 0 amide bonds. The van der Waals surface area contributed by atoms with Crippen molar-refractivity contribution in [3.8, 4) is 11.5 Å². The lowest BCUT2D eigenvalue weighted by atomic mass is 9.84. The summed E-state index contributed by atoms with van der Waals surface area (Å²) >= 11 is 3.46. The minimum atomic E-state index is -0.802. The van der Waals surface area contributed by atoms with Gasteiger partial charge in [-0.2, -0.15) is 0 Å². The van der Waals surface area contributed by atoms with Crippen LogP contribution in [0.15, 0.2) is 16.6 Å². The zero-order valence-corrected chi connectivity index (χ0v) is 14.1. The third-order valence-electron chi connectivity index (χ3n) is 4.05. The molecule has 1 N–H and O–H groups in total. The van der Waals surface area contributed by atoms with Crippen LogP contribution < -0.4 is 9.47 Å².